The molecule has 0 saturated heterocycles. The van der Waals surface area contributed by atoms with Gasteiger partial charge in [0.05, 0.1) is 16.8 Å². The number of aromatic nitrogens is 2. The van der Waals surface area contributed by atoms with E-state index >= 15 is 0 Å². The van der Waals surface area contributed by atoms with Gasteiger partial charge in [-0.15, -0.1) is 0 Å². The highest BCUT2D eigenvalue weighted by Gasteiger charge is 2.22. The zero-order chi connectivity index (χ0) is 15.0. The number of sulfonamides is 1. The van der Waals surface area contributed by atoms with E-state index in [4.69, 9.17) is 0 Å². The van der Waals surface area contributed by atoms with Crippen molar-refractivity contribution in [1.29, 1.82) is 0 Å². The second-order valence-corrected chi connectivity index (χ2v) is 7.42. The molecule has 6 heteroatoms. The van der Waals surface area contributed by atoms with Crippen LogP contribution in [-0.2, 0) is 16.6 Å². The van der Waals surface area contributed by atoms with Gasteiger partial charge in [-0.3, -0.25) is 9.40 Å². The van der Waals surface area contributed by atoms with Gasteiger partial charge in [-0.05, 0) is 49.8 Å². The molecule has 1 saturated carbocycles. The Morgan fingerprint density at radius 2 is 2.10 bits per heavy atom. The molecule has 0 unspecified atom stereocenters. The minimum Gasteiger partial charge on any atom is -0.276 e. The molecule has 0 spiro atoms. The van der Waals surface area contributed by atoms with Gasteiger partial charge in [0.15, 0.2) is 0 Å². The molecule has 112 valence electrons. The number of rotatable bonds is 5. The SMILES string of the molecule is Cc1ccc(C)c(S(=O)(=O)Nc2cnn(CC3CC3)c2)c1. The summed E-state index contributed by atoms with van der Waals surface area (Å²) in [6.07, 6.45) is 5.79. The fourth-order valence-electron chi connectivity index (χ4n) is 2.29. The highest BCUT2D eigenvalue weighted by molar-refractivity contribution is 7.92. The summed E-state index contributed by atoms with van der Waals surface area (Å²) in [7, 11) is -3.57. The molecular weight excluding hydrogens is 286 g/mol. The fourth-order valence-corrected chi connectivity index (χ4v) is 3.65. The summed E-state index contributed by atoms with van der Waals surface area (Å²) in [6, 6.07) is 5.41. The van der Waals surface area contributed by atoms with Gasteiger partial charge >= 0.3 is 0 Å². The third kappa shape index (κ3) is 3.26. The molecule has 1 aliphatic carbocycles. The van der Waals surface area contributed by atoms with Crippen molar-refractivity contribution in [3.05, 3.63) is 41.7 Å². The Labute approximate surface area is 125 Å². The molecule has 3 rings (SSSR count). The molecule has 2 aromatic rings. The van der Waals surface area contributed by atoms with Crippen molar-refractivity contribution in [2.24, 2.45) is 5.92 Å². The number of aryl methyl sites for hydroxylation is 2. The van der Waals surface area contributed by atoms with E-state index in [1.165, 1.54) is 12.8 Å². The summed E-state index contributed by atoms with van der Waals surface area (Å²) in [6.45, 7) is 4.54. The first-order valence-electron chi connectivity index (χ1n) is 7.06. The van der Waals surface area contributed by atoms with Crippen molar-refractivity contribution in [1.82, 2.24) is 9.78 Å². The number of hydrogen-bond donors (Lipinski definition) is 1. The number of nitrogens with zero attached hydrogens (tertiary/aromatic N) is 2. The smallest absolute Gasteiger partial charge is 0.262 e. The topological polar surface area (TPSA) is 64.0 Å². The molecule has 1 aliphatic rings. The van der Waals surface area contributed by atoms with Crippen LogP contribution in [0.2, 0.25) is 0 Å². The fraction of sp³-hybridized carbons (Fsp3) is 0.400. The van der Waals surface area contributed by atoms with Crippen LogP contribution in [-0.4, -0.2) is 18.2 Å². The second-order valence-electron chi connectivity index (χ2n) is 5.77. The van der Waals surface area contributed by atoms with Crippen molar-refractivity contribution < 1.29 is 8.42 Å². The highest BCUT2D eigenvalue weighted by Crippen LogP contribution is 2.30. The Hall–Kier alpha value is -1.82. The standard InChI is InChI=1S/C15H19N3O2S/c1-11-3-4-12(2)15(7-11)21(19,20)17-14-8-16-18(10-14)9-13-5-6-13/h3-4,7-8,10,13,17H,5-6,9H2,1-2H3. The molecule has 1 aromatic heterocycles. The molecule has 1 heterocycles. The zero-order valence-electron chi connectivity index (χ0n) is 12.2. The van der Waals surface area contributed by atoms with Gasteiger partial charge in [-0.25, -0.2) is 8.42 Å². The lowest BCUT2D eigenvalue weighted by molar-refractivity contribution is 0.563. The van der Waals surface area contributed by atoms with Gasteiger partial charge in [0, 0.05) is 12.7 Å². The van der Waals surface area contributed by atoms with Crippen LogP contribution in [0.4, 0.5) is 5.69 Å². The average molecular weight is 305 g/mol. The summed E-state index contributed by atoms with van der Waals surface area (Å²) in [4.78, 5) is 0.317. The summed E-state index contributed by atoms with van der Waals surface area (Å²) in [5.74, 6) is 0.702. The number of hydrogen-bond acceptors (Lipinski definition) is 3. The van der Waals surface area contributed by atoms with Gasteiger partial charge in [-0.1, -0.05) is 12.1 Å². The Morgan fingerprint density at radius 3 is 2.81 bits per heavy atom. The maximum Gasteiger partial charge on any atom is 0.262 e. The molecule has 0 bridgehead atoms. The van der Waals surface area contributed by atoms with Gasteiger partial charge in [-0.2, -0.15) is 5.10 Å². The van der Waals surface area contributed by atoms with Gasteiger partial charge in [0.1, 0.15) is 0 Å². The maximum atomic E-state index is 12.5. The molecule has 0 amide bonds. The predicted octanol–water partition coefficient (Wildman–Crippen LogP) is 2.71. The minimum atomic E-state index is -3.57. The van der Waals surface area contributed by atoms with E-state index in [1.807, 2.05) is 19.1 Å². The zero-order valence-corrected chi connectivity index (χ0v) is 13.0. The van der Waals surface area contributed by atoms with Crippen LogP contribution in [0.5, 0.6) is 0 Å². The first kappa shape index (κ1) is 14.1. The molecule has 0 atom stereocenters. The van der Waals surface area contributed by atoms with Crippen LogP contribution >= 0.6 is 0 Å². The van der Waals surface area contributed by atoms with Gasteiger partial charge < -0.3 is 0 Å². The summed E-state index contributed by atoms with van der Waals surface area (Å²) in [5.41, 5.74) is 2.17. The quantitative estimate of drug-likeness (QED) is 0.923. The largest absolute Gasteiger partial charge is 0.276 e. The monoisotopic (exact) mass is 305 g/mol. The highest BCUT2D eigenvalue weighted by atomic mass is 32.2. The Balaban J connectivity index is 1.81. The molecule has 0 aliphatic heterocycles. The van der Waals surface area contributed by atoms with Crippen molar-refractivity contribution in [2.45, 2.75) is 38.1 Å². The van der Waals surface area contributed by atoms with Gasteiger partial charge in [0.25, 0.3) is 10.0 Å². The van der Waals surface area contributed by atoms with Crippen LogP contribution in [0.15, 0.2) is 35.5 Å². The first-order chi connectivity index (χ1) is 9.94. The first-order valence-corrected chi connectivity index (χ1v) is 8.55. The summed E-state index contributed by atoms with van der Waals surface area (Å²) >= 11 is 0. The van der Waals surface area contributed by atoms with Crippen LogP contribution in [0.3, 0.4) is 0 Å². The molecule has 21 heavy (non-hydrogen) atoms. The van der Waals surface area contributed by atoms with Crippen LogP contribution in [0.1, 0.15) is 24.0 Å². The van der Waals surface area contributed by atoms with Crippen molar-refractivity contribution >= 4 is 15.7 Å². The lowest BCUT2D eigenvalue weighted by Crippen LogP contribution is -2.14. The lowest BCUT2D eigenvalue weighted by Gasteiger charge is -2.09. The molecule has 5 nitrogen and oxygen atoms in total. The van der Waals surface area contributed by atoms with E-state index in [0.29, 0.717) is 16.5 Å². The average Bonchev–Trinajstić information content (AvgIpc) is 3.12. The number of benzene rings is 1. The Kier molecular flexibility index (Phi) is 3.49. The molecule has 1 aromatic carbocycles. The Bertz CT molecular complexity index is 761. The van der Waals surface area contributed by atoms with Crippen LogP contribution < -0.4 is 4.72 Å². The molecule has 1 N–H and O–H groups in total. The normalized spacial score (nSPS) is 15.1. The predicted molar refractivity (Wildman–Crippen MR) is 81.7 cm³/mol. The third-order valence-corrected chi connectivity index (χ3v) is 5.18. The van der Waals surface area contributed by atoms with E-state index in [1.54, 1.807) is 30.1 Å². The number of nitrogens with one attached hydrogen (secondary N) is 1. The van der Waals surface area contributed by atoms with E-state index in [9.17, 15) is 8.42 Å². The van der Waals surface area contributed by atoms with Crippen LogP contribution in [0, 0.1) is 19.8 Å². The van der Waals surface area contributed by atoms with Gasteiger partial charge in [0.2, 0.25) is 0 Å². The van der Waals surface area contributed by atoms with Crippen molar-refractivity contribution in [3.63, 3.8) is 0 Å². The maximum absolute atomic E-state index is 12.5. The summed E-state index contributed by atoms with van der Waals surface area (Å²) < 4.78 is 29.4. The van der Waals surface area contributed by atoms with E-state index in [2.05, 4.69) is 9.82 Å². The van der Waals surface area contributed by atoms with Crippen LogP contribution in [0.25, 0.3) is 0 Å². The Morgan fingerprint density at radius 1 is 1.33 bits per heavy atom. The van der Waals surface area contributed by atoms with E-state index < -0.39 is 10.0 Å². The second kappa shape index (κ2) is 5.18. The minimum absolute atomic E-state index is 0.317. The number of anilines is 1. The summed E-state index contributed by atoms with van der Waals surface area (Å²) in [5, 5.41) is 4.20. The van der Waals surface area contributed by atoms with Crippen molar-refractivity contribution in [3.8, 4) is 0 Å². The van der Waals surface area contributed by atoms with Crippen molar-refractivity contribution in [2.75, 3.05) is 4.72 Å². The van der Waals surface area contributed by atoms with E-state index in [0.717, 1.165) is 17.7 Å². The van der Waals surface area contributed by atoms with E-state index in [-0.39, 0.29) is 0 Å². The lowest BCUT2D eigenvalue weighted by atomic mass is 10.2. The molecule has 0 radical (unpaired) electrons. The third-order valence-electron chi connectivity index (χ3n) is 3.66. The molecule has 1 fully saturated rings. The molecular formula is C15H19N3O2S.